The van der Waals surface area contributed by atoms with Crippen LogP contribution in [-0.4, -0.2) is 29.8 Å². The molecule has 4 N–H and O–H groups in total. The number of nitrogens with one attached hydrogen (secondary N) is 2. The van der Waals surface area contributed by atoms with E-state index in [-0.39, 0.29) is 18.1 Å². The molecule has 0 radical (unpaired) electrons. The fourth-order valence-corrected chi connectivity index (χ4v) is 1.70. The third kappa shape index (κ3) is 5.60. The molecule has 0 fully saturated rings. The first-order valence-electron chi connectivity index (χ1n) is 6.41. The normalized spacial score (nSPS) is 13.1. The van der Waals surface area contributed by atoms with Crippen molar-refractivity contribution in [2.75, 3.05) is 0 Å². The fraction of sp³-hybridized carbons (Fsp3) is 0.357. The van der Waals surface area contributed by atoms with Crippen molar-refractivity contribution in [2.24, 2.45) is 5.73 Å². The summed E-state index contributed by atoms with van der Waals surface area (Å²) in [7, 11) is 0. The van der Waals surface area contributed by atoms with Gasteiger partial charge in [-0.25, -0.2) is 4.39 Å². The van der Waals surface area contributed by atoms with Crippen LogP contribution in [0, 0.1) is 5.82 Å². The Kier molecular flexibility index (Phi) is 5.83. The molecule has 0 bridgehead atoms. The molecule has 0 saturated carbocycles. The van der Waals surface area contributed by atoms with Crippen LogP contribution in [0.4, 0.5) is 4.39 Å². The zero-order chi connectivity index (χ0) is 16.0. The number of carbonyl (C=O) groups excluding carboxylic acids is 3. The number of halogens is 1. The lowest BCUT2D eigenvalue weighted by atomic mass is 10.0. The molecule has 6 nitrogen and oxygen atoms in total. The molecule has 3 amide bonds. The maximum absolute atomic E-state index is 12.9. The smallest absolute Gasteiger partial charge is 0.243 e. The number of amides is 3. The van der Waals surface area contributed by atoms with Crippen molar-refractivity contribution in [2.45, 2.75) is 32.4 Å². The van der Waals surface area contributed by atoms with Gasteiger partial charge in [0.25, 0.3) is 0 Å². The number of primary amides is 1. The van der Waals surface area contributed by atoms with Crippen LogP contribution >= 0.6 is 0 Å². The molecule has 0 spiro atoms. The van der Waals surface area contributed by atoms with Gasteiger partial charge >= 0.3 is 0 Å². The maximum Gasteiger partial charge on any atom is 0.243 e. The number of benzene rings is 1. The quantitative estimate of drug-likeness (QED) is 0.681. The third-order valence-corrected chi connectivity index (χ3v) is 2.83. The molecule has 0 aliphatic rings. The Bertz CT molecular complexity index is 531. The van der Waals surface area contributed by atoms with E-state index in [1.54, 1.807) is 0 Å². The Morgan fingerprint density at radius 2 is 1.76 bits per heavy atom. The van der Waals surface area contributed by atoms with Crippen LogP contribution in [0.2, 0.25) is 0 Å². The highest BCUT2D eigenvalue weighted by molar-refractivity contribution is 5.91. The van der Waals surface area contributed by atoms with Gasteiger partial charge in [-0.15, -0.1) is 0 Å². The standard InChI is InChI=1S/C14H18FN3O3/c1-8(13(16)20)17-14(21)12(18-9(2)19)7-10-3-5-11(15)6-4-10/h3-6,8,12H,7H2,1-2H3,(H2,16,20)(H,17,21)(H,18,19)/t8-,12+/m0/s1. The van der Waals surface area contributed by atoms with Crippen molar-refractivity contribution < 1.29 is 18.8 Å². The fourth-order valence-electron chi connectivity index (χ4n) is 1.70. The minimum absolute atomic E-state index is 0.178. The molecule has 0 aliphatic heterocycles. The summed E-state index contributed by atoms with van der Waals surface area (Å²) in [6.45, 7) is 2.73. The summed E-state index contributed by atoms with van der Waals surface area (Å²) in [4.78, 5) is 34.2. The molecule has 114 valence electrons. The first-order valence-corrected chi connectivity index (χ1v) is 6.41. The predicted molar refractivity (Wildman–Crippen MR) is 74.5 cm³/mol. The highest BCUT2D eigenvalue weighted by Crippen LogP contribution is 2.06. The molecule has 2 atom stereocenters. The van der Waals surface area contributed by atoms with Gasteiger partial charge in [0, 0.05) is 13.3 Å². The van der Waals surface area contributed by atoms with Crippen molar-refractivity contribution in [3.63, 3.8) is 0 Å². The van der Waals surface area contributed by atoms with Crippen molar-refractivity contribution in [1.29, 1.82) is 0 Å². The number of carbonyl (C=O) groups is 3. The lowest BCUT2D eigenvalue weighted by molar-refractivity contribution is -0.130. The van der Waals surface area contributed by atoms with Gasteiger partial charge < -0.3 is 16.4 Å². The van der Waals surface area contributed by atoms with Gasteiger partial charge in [0.05, 0.1) is 0 Å². The van der Waals surface area contributed by atoms with Crippen LogP contribution in [-0.2, 0) is 20.8 Å². The van der Waals surface area contributed by atoms with E-state index >= 15 is 0 Å². The molecular weight excluding hydrogens is 277 g/mol. The van der Waals surface area contributed by atoms with E-state index in [1.807, 2.05) is 0 Å². The average Bonchev–Trinajstić information content (AvgIpc) is 2.39. The van der Waals surface area contributed by atoms with Crippen LogP contribution in [0.5, 0.6) is 0 Å². The second-order valence-electron chi connectivity index (χ2n) is 4.72. The zero-order valence-corrected chi connectivity index (χ0v) is 11.9. The lowest BCUT2D eigenvalue weighted by Gasteiger charge is -2.19. The van der Waals surface area contributed by atoms with E-state index in [0.29, 0.717) is 5.56 Å². The average molecular weight is 295 g/mol. The van der Waals surface area contributed by atoms with Crippen LogP contribution in [0.15, 0.2) is 24.3 Å². The van der Waals surface area contributed by atoms with Crippen LogP contribution in [0.1, 0.15) is 19.4 Å². The van der Waals surface area contributed by atoms with Gasteiger partial charge in [0.1, 0.15) is 17.9 Å². The molecule has 1 rings (SSSR count). The second-order valence-corrected chi connectivity index (χ2v) is 4.72. The summed E-state index contributed by atoms with van der Waals surface area (Å²) in [5.41, 5.74) is 5.75. The molecule has 0 aromatic heterocycles. The number of rotatable bonds is 6. The molecule has 0 heterocycles. The topological polar surface area (TPSA) is 101 Å². The molecule has 0 aliphatic carbocycles. The predicted octanol–water partition coefficient (Wildman–Crippen LogP) is -0.137. The van der Waals surface area contributed by atoms with E-state index in [4.69, 9.17) is 5.73 Å². The third-order valence-electron chi connectivity index (χ3n) is 2.83. The Balaban J connectivity index is 2.79. The highest BCUT2D eigenvalue weighted by atomic mass is 19.1. The minimum atomic E-state index is -0.866. The summed E-state index contributed by atoms with van der Waals surface area (Å²) in [6.07, 6.45) is 0.178. The summed E-state index contributed by atoms with van der Waals surface area (Å²) < 4.78 is 12.9. The van der Waals surface area contributed by atoms with Crippen LogP contribution < -0.4 is 16.4 Å². The largest absolute Gasteiger partial charge is 0.368 e. The summed E-state index contributed by atoms with van der Waals surface area (Å²) in [5.74, 6) is -1.97. The van der Waals surface area contributed by atoms with Gasteiger partial charge in [-0.2, -0.15) is 0 Å². The van der Waals surface area contributed by atoms with Crippen molar-refractivity contribution >= 4 is 17.7 Å². The SMILES string of the molecule is CC(=O)N[C@H](Cc1ccc(F)cc1)C(=O)N[C@@H](C)C(N)=O. The van der Waals surface area contributed by atoms with Crippen LogP contribution in [0.3, 0.4) is 0 Å². The summed E-state index contributed by atoms with van der Waals surface area (Å²) in [6, 6.07) is 3.87. The molecule has 7 heteroatoms. The van der Waals surface area contributed by atoms with Gasteiger partial charge in [0.2, 0.25) is 17.7 Å². The Morgan fingerprint density at radius 1 is 1.19 bits per heavy atom. The van der Waals surface area contributed by atoms with Crippen molar-refractivity contribution in [3.05, 3.63) is 35.6 Å². The number of nitrogens with two attached hydrogens (primary N) is 1. The molecule has 0 unspecified atom stereocenters. The van der Waals surface area contributed by atoms with Gasteiger partial charge in [-0.3, -0.25) is 14.4 Å². The molecular formula is C14H18FN3O3. The summed E-state index contributed by atoms with van der Waals surface area (Å²) >= 11 is 0. The molecule has 1 aromatic carbocycles. The molecule has 21 heavy (non-hydrogen) atoms. The van der Waals surface area contributed by atoms with E-state index in [1.165, 1.54) is 38.1 Å². The van der Waals surface area contributed by atoms with Crippen molar-refractivity contribution in [3.8, 4) is 0 Å². The number of hydrogen-bond acceptors (Lipinski definition) is 3. The van der Waals surface area contributed by atoms with E-state index in [0.717, 1.165) is 0 Å². The minimum Gasteiger partial charge on any atom is -0.368 e. The van der Waals surface area contributed by atoms with Crippen molar-refractivity contribution in [1.82, 2.24) is 10.6 Å². The molecule has 1 aromatic rings. The van der Waals surface area contributed by atoms with E-state index < -0.39 is 23.9 Å². The maximum atomic E-state index is 12.9. The van der Waals surface area contributed by atoms with Gasteiger partial charge in [-0.05, 0) is 24.6 Å². The van der Waals surface area contributed by atoms with Gasteiger partial charge in [-0.1, -0.05) is 12.1 Å². The van der Waals surface area contributed by atoms with E-state index in [2.05, 4.69) is 10.6 Å². The Hall–Kier alpha value is -2.44. The second kappa shape index (κ2) is 7.37. The Morgan fingerprint density at radius 3 is 2.24 bits per heavy atom. The number of hydrogen-bond donors (Lipinski definition) is 3. The Labute approximate surface area is 121 Å². The summed E-state index contributed by atoms with van der Waals surface area (Å²) in [5, 5.41) is 4.90. The molecule has 0 saturated heterocycles. The lowest BCUT2D eigenvalue weighted by Crippen LogP contribution is -2.52. The first-order chi connectivity index (χ1) is 9.79. The monoisotopic (exact) mass is 295 g/mol. The zero-order valence-electron chi connectivity index (χ0n) is 11.9. The van der Waals surface area contributed by atoms with E-state index in [9.17, 15) is 18.8 Å². The van der Waals surface area contributed by atoms with Gasteiger partial charge in [0.15, 0.2) is 0 Å². The first kappa shape index (κ1) is 16.6. The highest BCUT2D eigenvalue weighted by Gasteiger charge is 2.22. The van der Waals surface area contributed by atoms with Crippen LogP contribution in [0.25, 0.3) is 0 Å².